The number of benzene rings is 2. The molecule has 114 valence electrons. The van der Waals surface area contributed by atoms with Gasteiger partial charge in [-0.25, -0.2) is 4.79 Å². The van der Waals surface area contributed by atoms with Crippen molar-refractivity contribution in [1.29, 1.82) is 0 Å². The maximum atomic E-state index is 12.3. The van der Waals surface area contributed by atoms with Gasteiger partial charge in [-0.15, -0.1) is 0 Å². The number of anilines is 1. The van der Waals surface area contributed by atoms with Crippen LogP contribution < -0.4 is 16.0 Å². The molecule has 0 fully saturated rings. The SMILES string of the molecule is O=C([O-])c1ccccc1NC(=O)c1cc2ccccc2oc1=O. The van der Waals surface area contributed by atoms with E-state index in [9.17, 15) is 19.5 Å². The third-order valence-corrected chi connectivity index (χ3v) is 3.28. The first kappa shape index (κ1) is 14.5. The van der Waals surface area contributed by atoms with Gasteiger partial charge in [0.2, 0.25) is 0 Å². The Kier molecular flexibility index (Phi) is 3.64. The second-order valence-electron chi connectivity index (χ2n) is 4.77. The largest absolute Gasteiger partial charge is 0.545 e. The average Bonchev–Trinajstić information content (AvgIpc) is 2.54. The van der Waals surface area contributed by atoms with E-state index < -0.39 is 17.5 Å². The molecule has 6 nitrogen and oxygen atoms in total. The number of aromatic carboxylic acids is 1. The maximum absolute atomic E-state index is 12.3. The Morgan fingerprint density at radius 1 is 0.957 bits per heavy atom. The number of carboxylic acid groups (broad SMARTS) is 1. The fourth-order valence-electron chi connectivity index (χ4n) is 2.18. The van der Waals surface area contributed by atoms with Crippen molar-refractivity contribution in [3.05, 3.63) is 76.1 Å². The molecule has 2 aromatic carbocycles. The van der Waals surface area contributed by atoms with Gasteiger partial charge in [0.05, 0.1) is 11.7 Å². The molecule has 1 amide bonds. The highest BCUT2D eigenvalue weighted by Gasteiger charge is 2.15. The Morgan fingerprint density at radius 2 is 1.65 bits per heavy atom. The second-order valence-corrected chi connectivity index (χ2v) is 4.77. The van der Waals surface area contributed by atoms with E-state index >= 15 is 0 Å². The topological polar surface area (TPSA) is 99.4 Å². The van der Waals surface area contributed by atoms with Crippen LogP contribution in [0.5, 0.6) is 0 Å². The van der Waals surface area contributed by atoms with E-state index in [0.29, 0.717) is 11.0 Å². The number of para-hydroxylation sites is 2. The lowest BCUT2D eigenvalue weighted by Crippen LogP contribution is -2.26. The number of hydrogen-bond acceptors (Lipinski definition) is 5. The van der Waals surface area contributed by atoms with Gasteiger partial charge >= 0.3 is 5.63 Å². The van der Waals surface area contributed by atoms with Crippen LogP contribution in [0.25, 0.3) is 11.0 Å². The summed E-state index contributed by atoms with van der Waals surface area (Å²) in [6, 6.07) is 13.9. The molecule has 0 radical (unpaired) electrons. The molecule has 1 aromatic heterocycles. The molecule has 3 rings (SSSR count). The zero-order valence-corrected chi connectivity index (χ0v) is 11.7. The molecule has 3 aromatic rings. The number of amides is 1. The fourth-order valence-corrected chi connectivity index (χ4v) is 2.18. The second kappa shape index (κ2) is 5.76. The van der Waals surface area contributed by atoms with E-state index in [4.69, 9.17) is 4.42 Å². The molecule has 1 heterocycles. The molecule has 0 spiro atoms. The van der Waals surface area contributed by atoms with Crippen molar-refractivity contribution in [2.75, 3.05) is 5.32 Å². The van der Waals surface area contributed by atoms with E-state index in [0.717, 1.165) is 0 Å². The van der Waals surface area contributed by atoms with Crippen LogP contribution in [0.4, 0.5) is 5.69 Å². The average molecular weight is 308 g/mol. The third-order valence-electron chi connectivity index (χ3n) is 3.28. The number of carbonyl (C=O) groups is 2. The van der Waals surface area contributed by atoms with Crippen molar-refractivity contribution in [3.63, 3.8) is 0 Å². The van der Waals surface area contributed by atoms with Crippen molar-refractivity contribution < 1.29 is 19.1 Å². The molecule has 23 heavy (non-hydrogen) atoms. The van der Waals surface area contributed by atoms with Crippen LogP contribution in [0.2, 0.25) is 0 Å². The number of nitrogens with one attached hydrogen (secondary N) is 1. The minimum atomic E-state index is -1.42. The standard InChI is InChI=1S/C17H11NO5/c19-15(18-13-7-3-2-6-11(13)16(20)21)12-9-10-5-1-4-8-14(10)23-17(12)22/h1-9H,(H,18,19)(H,20,21)/p-1. The molecule has 1 N–H and O–H groups in total. The number of carbonyl (C=O) groups excluding carboxylic acids is 2. The van der Waals surface area contributed by atoms with Crippen molar-refractivity contribution >= 4 is 28.5 Å². The predicted octanol–water partition coefficient (Wildman–Crippen LogP) is 1.41. The summed E-state index contributed by atoms with van der Waals surface area (Å²) in [4.78, 5) is 35.2. The first-order chi connectivity index (χ1) is 11.1. The predicted molar refractivity (Wildman–Crippen MR) is 81.2 cm³/mol. The van der Waals surface area contributed by atoms with Crippen molar-refractivity contribution in [3.8, 4) is 0 Å². The Bertz CT molecular complexity index is 974. The lowest BCUT2D eigenvalue weighted by atomic mass is 10.1. The first-order valence-corrected chi connectivity index (χ1v) is 6.71. The van der Waals surface area contributed by atoms with E-state index in [1.54, 1.807) is 30.3 Å². The Balaban J connectivity index is 2.00. The van der Waals surface area contributed by atoms with Gasteiger partial charge < -0.3 is 19.6 Å². The Hall–Kier alpha value is -3.41. The first-order valence-electron chi connectivity index (χ1n) is 6.71. The van der Waals surface area contributed by atoms with E-state index in [2.05, 4.69) is 5.32 Å². The van der Waals surface area contributed by atoms with Crippen molar-refractivity contribution in [2.24, 2.45) is 0 Å². The zero-order valence-electron chi connectivity index (χ0n) is 11.7. The monoisotopic (exact) mass is 308 g/mol. The van der Waals surface area contributed by atoms with Gasteiger partial charge in [0.15, 0.2) is 0 Å². The third kappa shape index (κ3) is 2.82. The van der Waals surface area contributed by atoms with Gasteiger partial charge in [-0.05, 0) is 18.2 Å². The van der Waals surface area contributed by atoms with Gasteiger partial charge in [0.1, 0.15) is 11.1 Å². The van der Waals surface area contributed by atoms with Gasteiger partial charge in [-0.2, -0.15) is 0 Å². The summed E-state index contributed by atoms with van der Waals surface area (Å²) >= 11 is 0. The molecular formula is C17H10NO5-. The molecule has 0 aliphatic rings. The van der Waals surface area contributed by atoms with Gasteiger partial charge in [-0.1, -0.05) is 36.4 Å². The molecule has 0 saturated heterocycles. The highest BCUT2D eigenvalue weighted by Crippen LogP contribution is 2.17. The minimum Gasteiger partial charge on any atom is -0.545 e. The molecular weight excluding hydrogens is 298 g/mol. The van der Waals surface area contributed by atoms with Crippen molar-refractivity contribution in [2.45, 2.75) is 0 Å². The fraction of sp³-hybridized carbons (Fsp3) is 0. The van der Waals surface area contributed by atoms with E-state index in [1.165, 1.54) is 24.3 Å². The molecule has 0 bridgehead atoms. The minimum absolute atomic E-state index is 0.0464. The van der Waals surface area contributed by atoms with Crippen LogP contribution in [0.15, 0.2) is 63.8 Å². The van der Waals surface area contributed by atoms with Crippen LogP contribution in [-0.2, 0) is 0 Å². The summed E-state index contributed by atoms with van der Waals surface area (Å²) in [5, 5.41) is 14.0. The highest BCUT2D eigenvalue weighted by atomic mass is 16.4. The number of hydrogen-bond donors (Lipinski definition) is 1. The zero-order chi connectivity index (χ0) is 16.4. The van der Waals surface area contributed by atoms with Gasteiger partial charge in [-0.3, -0.25) is 4.79 Å². The lowest BCUT2D eigenvalue weighted by Gasteiger charge is -2.11. The van der Waals surface area contributed by atoms with Crippen LogP contribution in [0.1, 0.15) is 20.7 Å². The number of fused-ring (bicyclic) bond motifs is 1. The summed E-state index contributed by atoms with van der Waals surface area (Å²) in [5.41, 5.74) is -0.774. The van der Waals surface area contributed by atoms with Crippen molar-refractivity contribution in [1.82, 2.24) is 0 Å². The summed E-state index contributed by atoms with van der Waals surface area (Å²) < 4.78 is 5.08. The summed E-state index contributed by atoms with van der Waals surface area (Å²) in [7, 11) is 0. The molecule has 0 aliphatic heterocycles. The summed E-state index contributed by atoms with van der Waals surface area (Å²) in [5.74, 6) is -2.18. The number of rotatable bonds is 3. The van der Waals surface area contributed by atoms with E-state index in [1.807, 2.05) is 0 Å². The Morgan fingerprint density at radius 3 is 2.43 bits per heavy atom. The molecule has 0 aliphatic carbocycles. The lowest BCUT2D eigenvalue weighted by molar-refractivity contribution is -0.254. The molecule has 6 heteroatoms. The number of carboxylic acids is 1. The van der Waals surface area contributed by atoms with Crippen LogP contribution in [0, 0.1) is 0 Å². The molecule has 0 atom stereocenters. The smallest absolute Gasteiger partial charge is 0.349 e. The molecule has 0 unspecified atom stereocenters. The summed E-state index contributed by atoms with van der Waals surface area (Å²) in [6.07, 6.45) is 0. The highest BCUT2D eigenvalue weighted by molar-refractivity contribution is 6.08. The van der Waals surface area contributed by atoms with Crippen LogP contribution in [0.3, 0.4) is 0 Å². The maximum Gasteiger partial charge on any atom is 0.349 e. The van der Waals surface area contributed by atoms with Gasteiger partial charge in [0.25, 0.3) is 5.91 Å². The van der Waals surface area contributed by atoms with Crippen LogP contribution >= 0.6 is 0 Å². The van der Waals surface area contributed by atoms with Gasteiger partial charge in [0, 0.05) is 10.9 Å². The normalized spacial score (nSPS) is 10.4. The Labute approximate surface area is 130 Å². The van der Waals surface area contributed by atoms with E-state index in [-0.39, 0.29) is 16.8 Å². The summed E-state index contributed by atoms with van der Waals surface area (Å²) in [6.45, 7) is 0. The quantitative estimate of drug-likeness (QED) is 0.737. The molecule has 0 saturated carbocycles. The van der Waals surface area contributed by atoms with Crippen LogP contribution in [-0.4, -0.2) is 11.9 Å².